The maximum atomic E-state index is 12.1. The van der Waals surface area contributed by atoms with E-state index in [9.17, 15) is 4.79 Å². The van der Waals surface area contributed by atoms with Gasteiger partial charge in [0.15, 0.2) is 0 Å². The van der Waals surface area contributed by atoms with Crippen molar-refractivity contribution in [2.45, 2.75) is 44.2 Å². The van der Waals surface area contributed by atoms with E-state index in [2.05, 4.69) is 20.8 Å². The van der Waals surface area contributed by atoms with Gasteiger partial charge in [0.1, 0.15) is 6.33 Å². The highest BCUT2D eigenvalue weighted by atomic mass is 35.5. The van der Waals surface area contributed by atoms with Gasteiger partial charge >= 0.3 is 0 Å². The third-order valence-electron chi connectivity index (χ3n) is 4.05. The number of tetrazole rings is 1. The number of carbonyl (C=O) groups is 1. The van der Waals surface area contributed by atoms with Crippen LogP contribution in [-0.4, -0.2) is 38.2 Å². The van der Waals surface area contributed by atoms with E-state index in [0.29, 0.717) is 12.5 Å². The highest BCUT2D eigenvalue weighted by Crippen LogP contribution is 2.17. The molecule has 1 aromatic carbocycles. The lowest BCUT2D eigenvalue weighted by Crippen LogP contribution is -2.41. The molecule has 7 nitrogen and oxygen atoms in total. The molecule has 0 atom stereocenters. The molecule has 1 aromatic heterocycles. The Bertz CT molecular complexity index is 607. The summed E-state index contributed by atoms with van der Waals surface area (Å²) in [6.07, 6.45) is 5.86. The van der Waals surface area contributed by atoms with Crippen molar-refractivity contribution < 1.29 is 4.79 Å². The second kappa shape index (κ2) is 8.03. The molecule has 8 heteroatoms. The van der Waals surface area contributed by atoms with Crippen molar-refractivity contribution in [1.82, 2.24) is 25.5 Å². The first-order valence-corrected chi connectivity index (χ1v) is 7.58. The number of aromatic nitrogens is 4. The van der Waals surface area contributed by atoms with Crippen LogP contribution in [0.4, 0.5) is 0 Å². The molecule has 1 heterocycles. The number of amides is 1. The van der Waals surface area contributed by atoms with Crippen LogP contribution in [-0.2, 0) is 11.2 Å². The Morgan fingerprint density at radius 2 is 1.91 bits per heavy atom. The summed E-state index contributed by atoms with van der Waals surface area (Å²) >= 11 is 0. The first-order valence-electron chi connectivity index (χ1n) is 7.58. The minimum Gasteiger partial charge on any atom is -0.353 e. The highest BCUT2D eigenvalue weighted by molar-refractivity contribution is 5.85. The Labute approximate surface area is 141 Å². The molecule has 1 fully saturated rings. The highest BCUT2D eigenvalue weighted by Gasteiger charge is 2.19. The van der Waals surface area contributed by atoms with Gasteiger partial charge in [0.2, 0.25) is 5.91 Å². The molecular weight excluding hydrogens is 316 g/mol. The predicted octanol–water partition coefficient (Wildman–Crippen LogP) is 1.01. The van der Waals surface area contributed by atoms with Crippen LogP contribution in [0, 0.1) is 0 Å². The smallest absolute Gasteiger partial charge is 0.224 e. The minimum absolute atomic E-state index is 0. The van der Waals surface area contributed by atoms with E-state index < -0.39 is 0 Å². The number of rotatable bonds is 4. The summed E-state index contributed by atoms with van der Waals surface area (Å²) in [5.41, 5.74) is 7.72. The maximum Gasteiger partial charge on any atom is 0.224 e. The predicted molar refractivity (Wildman–Crippen MR) is 88.5 cm³/mol. The fourth-order valence-corrected chi connectivity index (χ4v) is 2.77. The molecule has 124 valence electrons. The van der Waals surface area contributed by atoms with Gasteiger partial charge in [-0.1, -0.05) is 12.1 Å². The van der Waals surface area contributed by atoms with Crippen LogP contribution in [0.25, 0.3) is 5.69 Å². The monoisotopic (exact) mass is 336 g/mol. The van der Waals surface area contributed by atoms with Gasteiger partial charge in [0, 0.05) is 12.1 Å². The zero-order valence-electron chi connectivity index (χ0n) is 12.8. The molecule has 23 heavy (non-hydrogen) atoms. The lowest BCUT2D eigenvalue weighted by atomic mass is 9.91. The van der Waals surface area contributed by atoms with Crippen molar-refractivity contribution in [2.24, 2.45) is 5.73 Å². The minimum atomic E-state index is 0. The fraction of sp³-hybridized carbons (Fsp3) is 0.467. The Balaban J connectivity index is 0.00000192. The second-order valence-corrected chi connectivity index (χ2v) is 5.78. The van der Waals surface area contributed by atoms with Crippen molar-refractivity contribution in [1.29, 1.82) is 0 Å². The summed E-state index contributed by atoms with van der Waals surface area (Å²) in [5, 5.41) is 14.1. The molecule has 0 radical (unpaired) electrons. The number of hydrogen-bond acceptors (Lipinski definition) is 5. The van der Waals surface area contributed by atoms with Crippen molar-refractivity contribution in [3.05, 3.63) is 36.2 Å². The summed E-state index contributed by atoms with van der Waals surface area (Å²) in [6.45, 7) is 0. The zero-order valence-corrected chi connectivity index (χ0v) is 13.6. The van der Waals surface area contributed by atoms with Crippen molar-refractivity contribution in [3.8, 4) is 5.69 Å². The van der Waals surface area contributed by atoms with Crippen LogP contribution in [0.15, 0.2) is 30.6 Å². The lowest BCUT2D eigenvalue weighted by molar-refractivity contribution is -0.121. The first kappa shape index (κ1) is 17.4. The molecule has 0 saturated heterocycles. The number of nitrogens with zero attached hydrogens (tertiary/aromatic N) is 4. The summed E-state index contributed by atoms with van der Waals surface area (Å²) < 4.78 is 1.58. The maximum absolute atomic E-state index is 12.1. The molecule has 0 bridgehead atoms. The summed E-state index contributed by atoms with van der Waals surface area (Å²) in [4.78, 5) is 12.1. The number of nitrogens with two attached hydrogens (primary N) is 1. The number of carbonyl (C=O) groups excluding carboxylic acids is 1. The summed E-state index contributed by atoms with van der Waals surface area (Å²) in [7, 11) is 0. The van der Waals surface area contributed by atoms with Crippen LogP contribution in [0.3, 0.4) is 0 Å². The molecule has 3 N–H and O–H groups in total. The third kappa shape index (κ3) is 4.74. The molecule has 1 saturated carbocycles. The van der Waals surface area contributed by atoms with Gasteiger partial charge in [0.05, 0.1) is 12.1 Å². The van der Waals surface area contributed by atoms with Gasteiger partial charge in [-0.15, -0.1) is 17.5 Å². The SMILES string of the molecule is Cl.NC1CCC(NC(=O)Cc2ccc(-n3cnnn3)cc2)CC1. The van der Waals surface area contributed by atoms with E-state index in [0.717, 1.165) is 36.9 Å². The molecule has 0 unspecified atom stereocenters. The van der Waals surface area contributed by atoms with Crippen molar-refractivity contribution in [2.75, 3.05) is 0 Å². The van der Waals surface area contributed by atoms with E-state index in [1.54, 1.807) is 4.68 Å². The zero-order chi connectivity index (χ0) is 15.4. The van der Waals surface area contributed by atoms with E-state index in [-0.39, 0.29) is 24.4 Å². The molecule has 1 amide bonds. The molecule has 2 aromatic rings. The average molecular weight is 337 g/mol. The Hall–Kier alpha value is -1.99. The molecular formula is C15H21ClN6O. The van der Waals surface area contributed by atoms with Crippen LogP contribution < -0.4 is 11.1 Å². The van der Waals surface area contributed by atoms with E-state index >= 15 is 0 Å². The number of hydrogen-bond donors (Lipinski definition) is 2. The van der Waals surface area contributed by atoms with Gasteiger partial charge in [-0.25, -0.2) is 4.68 Å². The van der Waals surface area contributed by atoms with Gasteiger partial charge < -0.3 is 11.1 Å². The van der Waals surface area contributed by atoms with Crippen LogP contribution in [0.2, 0.25) is 0 Å². The largest absolute Gasteiger partial charge is 0.353 e. The summed E-state index contributed by atoms with van der Waals surface area (Å²) in [6, 6.07) is 8.22. The third-order valence-corrected chi connectivity index (χ3v) is 4.05. The number of halogens is 1. The Morgan fingerprint density at radius 1 is 1.22 bits per heavy atom. The first-order chi connectivity index (χ1) is 10.7. The standard InChI is InChI=1S/C15H20N6O.ClH/c16-12-3-5-13(6-4-12)18-15(22)9-11-1-7-14(8-2-11)21-10-17-19-20-21;/h1-2,7-8,10,12-13H,3-6,9,16H2,(H,18,22);1H. The lowest BCUT2D eigenvalue weighted by Gasteiger charge is -2.26. The molecule has 0 aliphatic heterocycles. The Morgan fingerprint density at radius 3 is 2.52 bits per heavy atom. The average Bonchev–Trinajstić information content (AvgIpc) is 3.05. The van der Waals surface area contributed by atoms with E-state index in [4.69, 9.17) is 5.73 Å². The molecule has 1 aliphatic carbocycles. The topological polar surface area (TPSA) is 98.7 Å². The van der Waals surface area contributed by atoms with Crippen LogP contribution >= 0.6 is 12.4 Å². The normalized spacial score (nSPS) is 20.6. The number of nitrogens with one attached hydrogen (secondary N) is 1. The molecule has 3 rings (SSSR count). The van der Waals surface area contributed by atoms with E-state index in [1.807, 2.05) is 24.3 Å². The Kier molecular flexibility index (Phi) is 6.06. The van der Waals surface area contributed by atoms with Gasteiger partial charge in [-0.2, -0.15) is 0 Å². The second-order valence-electron chi connectivity index (χ2n) is 5.78. The summed E-state index contributed by atoms with van der Waals surface area (Å²) in [5.74, 6) is 0.0654. The fourth-order valence-electron chi connectivity index (χ4n) is 2.77. The van der Waals surface area contributed by atoms with Gasteiger partial charge in [0.25, 0.3) is 0 Å². The van der Waals surface area contributed by atoms with Crippen LogP contribution in [0.1, 0.15) is 31.2 Å². The molecule has 0 spiro atoms. The van der Waals surface area contributed by atoms with E-state index in [1.165, 1.54) is 6.33 Å². The quantitative estimate of drug-likeness (QED) is 0.868. The van der Waals surface area contributed by atoms with Gasteiger partial charge in [-0.3, -0.25) is 4.79 Å². The van der Waals surface area contributed by atoms with Crippen LogP contribution in [0.5, 0.6) is 0 Å². The van der Waals surface area contributed by atoms with Crippen molar-refractivity contribution in [3.63, 3.8) is 0 Å². The van der Waals surface area contributed by atoms with Gasteiger partial charge in [-0.05, 0) is 53.8 Å². The van der Waals surface area contributed by atoms with Crippen molar-refractivity contribution >= 4 is 18.3 Å². The number of benzene rings is 1. The molecule has 1 aliphatic rings.